The van der Waals surface area contributed by atoms with E-state index < -0.39 is 9.73 Å². The first-order valence-corrected chi connectivity index (χ1v) is 7.38. The second kappa shape index (κ2) is 5.15. The van der Waals surface area contributed by atoms with Gasteiger partial charge in [0.1, 0.15) is 0 Å². The van der Waals surface area contributed by atoms with Crippen molar-refractivity contribution in [2.24, 2.45) is 4.36 Å². The average Bonchev–Trinajstić information content (AvgIpc) is 2.39. The van der Waals surface area contributed by atoms with Crippen LogP contribution in [-0.2, 0) is 16.3 Å². The minimum absolute atomic E-state index is 0.491. The van der Waals surface area contributed by atoms with Gasteiger partial charge in [-0.3, -0.25) is 0 Å². The van der Waals surface area contributed by atoms with Crippen molar-refractivity contribution in [2.45, 2.75) is 11.4 Å². The lowest BCUT2D eigenvalue weighted by Gasteiger charge is -2.04. The monoisotopic (exact) mass is 245 g/mol. The van der Waals surface area contributed by atoms with Gasteiger partial charge < -0.3 is 0 Å². The third-order valence-corrected chi connectivity index (χ3v) is 4.29. The zero-order chi connectivity index (χ0) is 12.1. The van der Waals surface area contributed by atoms with Crippen LogP contribution in [0.5, 0.6) is 0 Å². The summed E-state index contributed by atoms with van der Waals surface area (Å²) in [6, 6.07) is 19.3. The van der Waals surface area contributed by atoms with E-state index in [1.807, 2.05) is 60.7 Å². The van der Waals surface area contributed by atoms with Crippen molar-refractivity contribution in [2.75, 3.05) is 6.26 Å². The lowest BCUT2D eigenvalue weighted by atomic mass is 10.2. The molecule has 2 aromatic carbocycles. The molecule has 0 saturated heterocycles. The fraction of sp³-hybridized carbons (Fsp3) is 0.143. The number of hydrogen-bond acceptors (Lipinski definition) is 2. The summed E-state index contributed by atoms with van der Waals surface area (Å²) in [5.74, 6) is 0. The first-order valence-electron chi connectivity index (χ1n) is 5.45. The Morgan fingerprint density at radius 3 is 2.06 bits per heavy atom. The Hall–Kier alpha value is -1.61. The van der Waals surface area contributed by atoms with Crippen LogP contribution in [0.4, 0.5) is 0 Å². The molecule has 88 valence electrons. The minimum atomic E-state index is -2.28. The standard InChI is InChI=1S/C14H15NOS/c1-17(16,14-10-6-3-7-11-14)15-12-13-8-4-2-5-9-13/h2-11H,12H2,1H3/t17-/m0/s1. The second-order valence-corrected chi connectivity index (χ2v) is 6.22. The van der Waals surface area contributed by atoms with E-state index in [9.17, 15) is 4.21 Å². The molecule has 0 aromatic heterocycles. The highest BCUT2D eigenvalue weighted by Crippen LogP contribution is 2.12. The molecule has 0 fully saturated rings. The van der Waals surface area contributed by atoms with Gasteiger partial charge in [0.15, 0.2) is 0 Å². The summed E-state index contributed by atoms with van der Waals surface area (Å²) in [5, 5.41) is 0. The van der Waals surface area contributed by atoms with Gasteiger partial charge >= 0.3 is 0 Å². The van der Waals surface area contributed by atoms with E-state index in [0.717, 1.165) is 10.5 Å². The van der Waals surface area contributed by atoms with E-state index in [1.54, 1.807) is 6.26 Å². The van der Waals surface area contributed by atoms with Crippen LogP contribution < -0.4 is 0 Å². The maximum atomic E-state index is 12.4. The summed E-state index contributed by atoms with van der Waals surface area (Å²) in [5.41, 5.74) is 1.08. The van der Waals surface area contributed by atoms with E-state index in [4.69, 9.17) is 0 Å². The van der Waals surface area contributed by atoms with Crippen LogP contribution in [0.1, 0.15) is 5.56 Å². The summed E-state index contributed by atoms with van der Waals surface area (Å²) in [4.78, 5) is 0.788. The molecule has 0 aliphatic rings. The summed E-state index contributed by atoms with van der Waals surface area (Å²) < 4.78 is 16.7. The SMILES string of the molecule is C[S@@](=O)(=NCc1ccccc1)c1ccccc1. The highest BCUT2D eigenvalue weighted by Gasteiger charge is 2.03. The summed E-state index contributed by atoms with van der Waals surface area (Å²) >= 11 is 0. The van der Waals surface area contributed by atoms with Crippen molar-refractivity contribution in [1.82, 2.24) is 0 Å². The van der Waals surface area contributed by atoms with Crippen molar-refractivity contribution >= 4 is 9.73 Å². The van der Waals surface area contributed by atoms with Gasteiger partial charge in [-0.05, 0) is 17.7 Å². The predicted octanol–water partition coefficient (Wildman–Crippen LogP) is 3.34. The van der Waals surface area contributed by atoms with Crippen molar-refractivity contribution in [3.63, 3.8) is 0 Å². The summed E-state index contributed by atoms with van der Waals surface area (Å²) in [7, 11) is -2.28. The first-order chi connectivity index (χ1) is 8.18. The minimum Gasteiger partial charge on any atom is -0.245 e. The summed E-state index contributed by atoms with van der Waals surface area (Å²) in [6.45, 7) is 0.491. The Balaban J connectivity index is 2.25. The Morgan fingerprint density at radius 2 is 1.47 bits per heavy atom. The fourth-order valence-electron chi connectivity index (χ4n) is 1.53. The molecule has 0 amide bonds. The van der Waals surface area contributed by atoms with Crippen LogP contribution in [0.2, 0.25) is 0 Å². The normalized spacial score (nSPS) is 13.9. The zero-order valence-corrected chi connectivity index (χ0v) is 10.6. The maximum absolute atomic E-state index is 12.4. The molecule has 2 nitrogen and oxygen atoms in total. The van der Waals surface area contributed by atoms with E-state index in [1.165, 1.54) is 0 Å². The predicted molar refractivity (Wildman–Crippen MR) is 71.3 cm³/mol. The Bertz CT molecular complexity index is 584. The largest absolute Gasteiger partial charge is 0.245 e. The van der Waals surface area contributed by atoms with Gasteiger partial charge in [-0.1, -0.05) is 48.5 Å². The topological polar surface area (TPSA) is 29.4 Å². The number of hydrogen-bond donors (Lipinski definition) is 0. The maximum Gasteiger partial charge on any atom is 0.0737 e. The molecule has 0 heterocycles. The first kappa shape index (κ1) is 11.9. The van der Waals surface area contributed by atoms with E-state index in [-0.39, 0.29) is 0 Å². The zero-order valence-electron chi connectivity index (χ0n) is 9.74. The molecular weight excluding hydrogens is 230 g/mol. The molecule has 2 aromatic rings. The average molecular weight is 245 g/mol. The molecule has 0 saturated carbocycles. The van der Waals surface area contributed by atoms with Crippen LogP contribution in [0.3, 0.4) is 0 Å². The Morgan fingerprint density at radius 1 is 0.941 bits per heavy atom. The molecule has 0 radical (unpaired) electrons. The van der Waals surface area contributed by atoms with Gasteiger partial charge in [-0.15, -0.1) is 0 Å². The third-order valence-electron chi connectivity index (χ3n) is 2.52. The molecule has 0 N–H and O–H groups in total. The Kier molecular flexibility index (Phi) is 3.59. The molecule has 1 atom stereocenters. The van der Waals surface area contributed by atoms with Gasteiger partial charge in [0.2, 0.25) is 0 Å². The van der Waals surface area contributed by atoms with Crippen LogP contribution in [0, 0.1) is 0 Å². The molecular formula is C14H15NOS. The molecule has 17 heavy (non-hydrogen) atoms. The van der Waals surface area contributed by atoms with Crippen LogP contribution in [0.25, 0.3) is 0 Å². The van der Waals surface area contributed by atoms with Crippen molar-refractivity contribution in [1.29, 1.82) is 0 Å². The van der Waals surface area contributed by atoms with Gasteiger partial charge in [0.05, 0.1) is 16.3 Å². The quantitative estimate of drug-likeness (QED) is 0.815. The van der Waals surface area contributed by atoms with Crippen LogP contribution in [0.15, 0.2) is 69.9 Å². The molecule has 0 aliphatic heterocycles. The van der Waals surface area contributed by atoms with Gasteiger partial charge in [0, 0.05) is 11.2 Å². The number of rotatable bonds is 3. The third kappa shape index (κ3) is 3.17. The lowest BCUT2D eigenvalue weighted by molar-refractivity contribution is 0.678. The lowest BCUT2D eigenvalue weighted by Crippen LogP contribution is -1.98. The molecule has 0 bridgehead atoms. The second-order valence-electron chi connectivity index (χ2n) is 3.89. The number of nitrogens with zero attached hydrogens (tertiary/aromatic N) is 1. The molecule has 0 unspecified atom stereocenters. The smallest absolute Gasteiger partial charge is 0.0737 e. The van der Waals surface area contributed by atoms with Crippen LogP contribution >= 0.6 is 0 Å². The van der Waals surface area contributed by atoms with E-state index in [0.29, 0.717) is 6.54 Å². The van der Waals surface area contributed by atoms with Gasteiger partial charge in [-0.2, -0.15) is 0 Å². The fourth-order valence-corrected chi connectivity index (χ4v) is 2.74. The highest BCUT2D eigenvalue weighted by molar-refractivity contribution is 7.93. The van der Waals surface area contributed by atoms with Crippen LogP contribution in [-0.4, -0.2) is 10.5 Å². The molecule has 3 heteroatoms. The number of benzene rings is 2. The molecule has 0 aliphatic carbocycles. The highest BCUT2D eigenvalue weighted by atomic mass is 32.2. The Labute approximate surface area is 102 Å². The van der Waals surface area contributed by atoms with E-state index in [2.05, 4.69) is 4.36 Å². The molecule has 2 rings (SSSR count). The van der Waals surface area contributed by atoms with Crippen molar-refractivity contribution < 1.29 is 4.21 Å². The summed E-state index contributed by atoms with van der Waals surface area (Å²) in [6.07, 6.45) is 1.69. The molecule has 0 spiro atoms. The van der Waals surface area contributed by atoms with Crippen molar-refractivity contribution in [3.8, 4) is 0 Å². The van der Waals surface area contributed by atoms with Gasteiger partial charge in [0.25, 0.3) is 0 Å². The van der Waals surface area contributed by atoms with Crippen molar-refractivity contribution in [3.05, 3.63) is 66.2 Å². The van der Waals surface area contributed by atoms with Gasteiger partial charge in [-0.25, -0.2) is 8.57 Å². The van der Waals surface area contributed by atoms with E-state index >= 15 is 0 Å².